The number of carbonyl (C=O) groups is 2. The summed E-state index contributed by atoms with van der Waals surface area (Å²) < 4.78 is 17.6. The van der Waals surface area contributed by atoms with Crippen molar-refractivity contribution in [2.24, 2.45) is 0 Å². The van der Waals surface area contributed by atoms with E-state index in [2.05, 4.69) is 15.9 Å². The lowest BCUT2D eigenvalue weighted by atomic mass is 10.1. The fraction of sp³-hybridized carbons (Fsp3) is 0.450. The Hall–Kier alpha value is -1.58. The standard InChI is InChI=1S/C20H24BrNO5S2/c1-4-9-27-18-14(21)10-13(11-15(18)25-5-2)12-16-19(24)22(20(28)29-16)8-7-17(23)26-6-3/h10-12H,4-9H2,1-3H3/b16-12-. The summed E-state index contributed by atoms with van der Waals surface area (Å²) in [6.07, 6.45) is 2.76. The Morgan fingerprint density at radius 1 is 1.24 bits per heavy atom. The molecular formula is C20H24BrNO5S2. The van der Waals surface area contributed by atoms with Crippen molar-refractivity contribution in [3.63, 3.8) is 0 Å². The van der Waals surface area contributed by atoms with E-state index in [0.717, 1.165) is 16.5 Å². The number of hydrogen-bond donors (Lipinski definition) is 0. The van der Waals surface area contributed by atoms with E-state index in [1.165, 1.54) is 16.7 Å². The minimum absolute atomic E-state index is 0.108. The highest BCUT2D eigenvalue weighted by atomic mass is 79.9. The molecular weight excluding hydrogens is 478 g/mol. The number of carbonyl (C=O) groups excluding carboxylic acids is 2. The number of nitrogens with zero attached hydrogens (tertiary/aromatic N) is 1. The van der Waals surface area contributed by atoms with Crippen LogP contribution in [0.2, 0.25) is 0 Å². The van der Waals surface area contributed by atoms with Crippen LogP contribution in [0.25, 0.3) is 6.08 Å². The highest BCUT2D eigenvalue weighted by Gasteiger charge is 2.32. The Morgan fingerprint density at radius 2 is 2.00 bits per heavy atom. The van der Waals surface area contributed by atoms with Gasteiger partial charge in [-0.05, 0) is 60.0 Å². The number of benzene rings is 1. The van der Waals surface area contributed by atoms with Crippen LogP contribution in [-0.2, 0) is 14.3 Å². The Morgan fingerprint density at radius 3 is 2.66 bits per heavy atom. The summed E-state index contributed by atoms with van der Waals surface area (Å²) in [5, 5.41) is 0. The molecule has 0 aromatic heterocycles. The van der Waals surface area contributed by atoms with Crippen LogP contribution in [0.15, 0.2) is 21.5 Å². The van der Waals surface area contributed by atoms with Gasteiger partial charge < -0.3 is 14.2 Å². The Bertz CT molecular complexity index is 812. The van der Waals surface area contributed by atoms with Crippen molar-refractivity contribution in [1.82, 2.24) is 4.90 Å². The van der Waals surface area contributed by atoms with Crippen LogP contribution in [0.3, 0.4) is 0 Å². The van der Waals surface area contributed by atoms with Crippen LogP contribution >= 0.6 is 39.9 Å². The lowest BCUT2D eigenvalue weighted by Crippen LogP contribution is -2.30. The molecule has 0 spiro atoms. The number of amides is 1. The van der Waals surface area contributed by atoms with Crippen molar-refractivity contribution in [3.05, 3.63) is 27.1 Å². The minimum atomic E-state index is -0.349. The Labute approximate surface area is 189 Å². The average molecular weight is 502 g/mol. The van der Waals surface area contributed by atoms with Gasteiger partial charge in [-0.1, -0.05) is 30.9 Å². The average Bonchev–Trinajstić information content (AvgIpc) is 2.93. The minimum Gasteiger partial charge on any atom is -0.490 e. The number of thiocarbonyl (C=S) groups is 1. The second-order valence-electron chi connectivity index (χ2n) is 6.00. The van der Waals surface area contributed by atoms with Gasteiger partial charge in [0.1, 0.15) is 4.32 Å². The molecule has 0 radical (unpaired) electrons. The molecule has 1 amide bonds. The molecule has 1 aliphatic heterocycles. The molecule has 1 aliphatic rings. The summed E-state index contributed by atoms with van der Waals surface area (Å²) in [5.74, 6) is 0.690. The monoisotopic (exact) mass is 501 g/mol. The Kier molecular flexibility index (Phi) is 9.45. The van der Waals surface area contributed by atoms with Crippen LogP contribution in [0.5, 0.6) is 11.5 Å². The summed E-state index contributed by atoms with van der Waals surface area (Å²) in [6.45, 7) is 7.27. The van der Waals surface area contributed by atoms with Gasteiger partial charge in [-0.2, -0.15) is 0 Å². The first-order chi connectivity index (χ1) is 13.9. The molecule has 0 bridgehead atoms. The van der Waals surface area contributed by atoms with E-state index < -0.39 is 0 Å². The predicted molar refractivity (Wildman–Crippen MR) is 122 cm³/mol. The number of hydrogen-bond acceptors (Lipinski definition) is 7. The normalized spacial score (nSPS) is 15.2. The number of halogens is 1. The zero-order valence-electron chi connectivity index (χ0n) is 16.7. The van der Waals surface area contributed by atoms with Gasteiger partial charge in [0.05, 0.1) is 35.6 Å². The SMILES string of the molecule is CCCOc1c(Br)cc(/C=C2\SC(=S)N(CCC(=O)OCC)C2=O)cc1OCC. The number of esters is 1. The maximum Gasteiger partial charge on any atom is 0.307 e. The molecule has 0 unspecified atom stereocenters. The number of thioether (sulfide) groups is 1. The molecule has 6 nitrogen and oxygen atoms in total. The number of rotatable bonds is 10. The lowest BCUT2D eigenvalue weighted by Gasteiger charge is -2.14. The van der Waals surface area contributed by atoms with Crippen LogP contribution in [0, 0.1) is 0 Å². The number of ether oxygens (including phenoxy) is 3. The van der Waals surface area contributed by atoms with Crippen molar-refractivity contribution in [1.29, 1.82) is 0 Å². The second kappa shape index (κ2) is 11.6. The zero-order chi connectivity index (χ0) is 21.4. The van der Waals surface area contributed by atoms with Crippen molar-refractivity contribution in [3.8, 4) is 11.5 Å². The zero-order valence-corrected chi connectivity index (χ0v) is 19.9. The highest BCUT2D eigenvalue weighted by Crippen LogP contribution is 2.39. The van der Waals surface area contributed by atoms with Gasteiger partial charge in [-0.3, -0.25) is 14.5 Å². The molecule has 9 heteroatoms. The molecule has 0 saturated carbocycles. The fourth-order valence-corrected chi connectivity index (χ4v) is 4.44. The first kappa shape index (κ1) is 23.7. The first-order valence-electron chi connectivity index (χ1n) is 9.41. The summed E-state index contributed by atoms with van der Waals surface area (Å²) in [6, 6.07) is 3.71. The smallest absolute Gasteiger partial charge is 0.307 e. The Balaban J connectivity index is 2.21. The molecule has 1 heterocycles. The molecule has 0 atom stereocenters. The molecule has 2 rings (SSSR count). The molecule has 1 fully saturated rings. The van der Waals surface area contributed by atoms with Gasteiger partial charge in [-0.15, -0.1) is 0 Å². The third kappa shape index (κ3) is 6.45. The predicted octanol–water partition coefficient (Wildman–Crippen LogP) is 4.79. The topological polar surface area (TPSA) is 65.1 Å². The van der Waals surface area contributed by atoms with Crippen LogP contribution in [-0.4, -0.2) is 47.5 Å². The van der Waals surface area contributed by atoms with Gasteiger partial charge in [-0.25, -0.2) is 0 Å². The molecule has 158 valence electrons. The van der Waals surface area contributed by atoms with Gasteiger partial charge >= 0.3 is 5.97 Å². The van der Waals surface area contributed by atoms with E-state index >= 15 is 0 Å². The molecule has 0 N–H and O–H groups in total. The van der Waals surface area contributed by atoms with Gasteiger partial charge in [0.15, 0.2) is 11.5 Å². The molecule has 1 aromatic rings. The van der Waals surface area contributed by atoms with Gasteiger partial charge in [0.25, 0.3) is 5.91 Å². The molecule has 1 aromatic carbocycles. The molecule has 1 saturated heterocycles. The van der Waals surface area contributed by atoms with E-state index in [1.807, 2.05) is 26.0 Å². The van der Waals surface area contributed by atoms with Crippen LogP contribution in [0.4, 0.5) is 0 Å². The first-order valence-corrected chi connectivity index (χ1v) is 11.4. The van der Waals surface area contributed by atoms with Crippen LogP contribution < -0.4 is 9.47 Å². The quantitative estimate of drug-likeness (QED) is 0.259. The van der Waals surface area contributed by atoms with Gasteiger partial charge in [0, 0.05) is 6.54 Å². The summed E-state index contributed by atoms with van der Waals surface area (Å²) in [5.41, 5.74) is 0.787. The summed E-state index contributed by atoms with van der Waals surface area (Å²) >= 11 is 10.1. The molecule has 29 heavy (non-hydrogen) atoms. The van der Waals surface area contributed by atoms with E-state index in [4.69, 9.17) is 26.4 Å². The van der Waals surface area contributed by atoms with Crippen molar-refractivity contribution >= 4 is 62.2 Å². The van der Waals surface area contributed by atoms with Crippen molar-refractivity contribution < 1.29 is 23.8 Å². The highest BCUT2D eigenvalue weighted by molar-refractivity contribution is 9.10. The lowest BCUT2D eigenvalue weighted by molar-refractivity contribution is -0.143. The summed E-state index contributed by atoms with van der Waals surface area (Å²) in [4.78, 5) is 26.2. The van der Waals surface area contributed by atoms with Crippen molar-refractivity contribution in [2.45, 2.75) is 33.6 Å². The fourth-order valence-electron chi connectivity index (χ4n) is 2.56. The maximum absolute atomic E-state index is 12.7. The van der Waals surface area contributed by atoms with Crippen LogP contribution in [0.1, 0.15) is 39.2 Å². The largest absolute Gasteiger partial charge is 0.490 e. The second-order valence-corrected chi connectivity index (χ2v) is 8.53. The van der Waals surface area contributed by atoms with E-state index in [1.54, 1.807) is 13.0 Å². The summed E-state index contributed by atoms with van der Waals surface area (Å²) in [7, 11) is 0. The van der Waals surface area contributed by atoms with Gasteiger partial charge in [0.2, 0.25) is 0 Å². The van der Waals surface area contributed by atoms with E-state index in [-0.39, 0.29) is 24.8 Å². The third-order valence-corrected chi connectivity index (χ3v) is 5.77. The van der Waals surface area contributed by atoms with E-state index in [0.29, 0.717) is 40.5 Å². The van der Waals surface area contributed by atoms with E-state index in [9.17, 15) is 9.59 Å². The maximum atomic E-state index is 12.7. The van der Waals surface area contributed by atoms with Crippen molar-refractivity contribution in [2.75, 3.05) is 26.4 Å². The third-order valence-electron chi connectivity index (χ3n) is 3.80. The molecule has 0 aliphatic carbocycles.